The van der Waals surface area contributed by atoms with E-state index < -0.39 is 20.0 Å². The molecule has 4 rings (SSSR count). The van der Waals surface area contributed by atoms with E-state index in [9.17, 15) is 21.6 Å². The minimum absolute atomic E-state index is 0.0592. The van der Waals surface area contributed by atoms with Gasteiger partial charge in [-0.1, -0.05) is 35.3 Å². The Balaban J connectivity index is 1.61. The second-order valence-corrected chi connectivity index (χ2v) is 12.3. The summed E-state index contributed by atoms with van der Waals surface area (Å²) in [5.74, 6) is -0.0164. The maximum absolute atomic E-state index is 12.9. The van der Waals surface area contributed by atoms with E-state index >= 15 is 0 Å². The summed E-state index contributed by atoms with van der Waals surface area (Å²) >= 11 is 12.6. The molecule has 14 heteroatoms. The van der Waals surface area contributed by atoms with Crippen molar-refractivity contribution in [2.75, 3.05) is 9.73 Å². The number of hydrazine groups is 1. The second-order valence-electron chi connectivity index (χ2n) is 8.28. The Kier molecular flexibility index (Phi) is 7.23. The molecule has 194 valence electrons. The van der Waals surface area contributed by atoms with E-state index in [-0.39, 0.29) is 27.8 Å². The fourth-order valence-corrected chi connectivity index (χ4v) is 6.07. The summed E-state index contributed by atoms with van der Waals surface area (Å²) in [7, 11) is -8.23. The standard InChI is InChI=1S/C23H21Cl2N5O5S2/c1-13-8-18(24)23(19(25)9-13)30-22(31)12-21(28-30)27-20-10-15(7-6-14(20)2)29-37(34,35)17-5-3-4-16(11-17)36(26,32)33/h3-11,29H,12H2,1-2H3,(H,27,28)(H2,26,32,33). The van der Waals surface area contributed by atoms with Crippen molar-refractivity contribution in [1.82, 2.24) is 5.43 Å². The molecule has 37 heavy (non-hydrogen) atoms. The molecule has 0 saturated carbocycles. The lowest BCUT2D eigenvalue weighted by atomic mass is 10.2. The van der Waals surface area contributed by atoms with Gasteiger partial charge in [-0.3, -0.25) is 14.9 Å². The third kappa shape index (κ3) is 5.89. The molecule has 0 radical (unpaired) electrons. The molecule has 3 aromatic carbocycles. The quantitative estimate of drug-likeness (QED) is 0.399. The van der Waals surface area contributed by atoms with E-state index in [4.69, 9.17) is 28.3 Å². The Bertz CT molecular complexity index is 1650. The normalized spacial score (nSPS) is 15.2. The van der Waals surface area contributed by atoms with Crippen LogP contribution in [-0.4, -0.2) is 28.6 Å². The van der Waals surface area contributed by atoms with E-state index in [1.54, 1.807) is 25.1 Å². The number of amides is 1. The highest BCUT2D eigenvalue weighted by molar-refractivity contribution is 7.93. The maximum Gasteiger partial charge on any atom is 0.261 e. The SMILES string of the molecule is Cc1cc(Cl)c(N2NC(=Nc3cc(NS(=O)(=O)c4cccc(S(N)(=O)=O)c4)ccc3C)CC2=O)c(Cl)c1. The number of amidine groups is 1. The maximum atomic E-state index is 12.9. The fourth-order valence-electron chi connectivity index (χ4n) is 3.58. The van der Waals surface area contributed by atoms with Crippen LogP contribution in [0.25, 0.3) is 0 Å². The van der Waals surface area contributed by atoms with Crippen molar-refractivity contribution < 1.29 is 21.6 Å². The van der Waals surface area contributed by atoms with Crippen molar-refractivity contribution in [2.24, 2.45) is 10.1 Å². The third-order valence-corrected chi connectivity index (χ3v) is 8.22. The molecule has 0 aromatic heterocycles. The van der Waals surface area contributed by atoms with Gasteiger partial charge in [-0.25, -0.2) is 32.0 Å². The number of sulfonamides is 2. The number of rotatable bonds is 6. The van der Waals surface area contributed by atoms with Gasteiger partial charge in [0.25, 0.3) is 15.9 Å². The molecule has 1 fully saturated rings. The Hall–Kier alpha value is -3.16. The van der Waals surface area contributed by atoms with E-state index in [1.165, 1.54) is 35.3 Å². The molecule has 0 aliphatic carbocycles. The molecular weight excluding hydrogens is 561 g/mol. The average Bonchev–Trinajstić information content (AvgIpc) is 3.14. The number of primary sulfonamides is 1. The van der Waals surface area contributed by atoms with Gasteiger partial charge < -0.3 is 0 Å². The van der Waals surface area contributed by atoms with Crippen molar-refractivity contribution >= 4 is 72.1 Å². The van der Waals surface area contributed by atoms with Gasteiger partial charge in [0, 0.05) is 0 Å². The lowest BCUT2D eigenvalue weighted by molar-refractivity contribution is -0.116. The van der Waals surface area contributed by atoms with Crippen LogP contribution in [-0.2, 0) is 24.8 Å². The van der Waals surface area contributed by atoms with Crippen LogP contribution in [0.2, 0.25) is 10.0 Å². The summed E-state index contributed by atoms with van der Waals surface area (Å²) in [6.07, 6.45) is -0.0592. The van der Waals surface area contributed by atoms with E-state index in [0.717, 1.165) is 11.6 Å². The molecule has 3 aromatic rings. The molecular formula is C23H21Cl2N5O5S2. The molecule has 1 heterocycles. The molecule has 10 nitrogen and oxygen atoms in total. The van der Waals surface area contributed by atoms with Crippen LogP contribution >= 0.6 is 23.2 Å². The third-order valence-electron chi connectivity index (χ3n) is 5.35. The molecule has 0 bridgehead atoms. The number of aliphatic imine (C=N–C) groups is 1. The van der Waals surface area contributed by atoms with E-state index in [1.807, 2.05) is 6.92 Å². The number of aryl methyl sites for hydroxylation is 2. The molecule has 1 amide bonds. The predicted octanol–water partition coefficient (Wildman–Crippen LogP) is 4.03. The first-order valence-electron chi connectivity index (χ1n) is 10.6. The Morgan fingerprint density at radius 2 is 1.62 bits per heavy atom. The Labute approximate surface area is 224 Å². The fraction of sp³-hybridized carbons (Fsp3) is 0.130. The topological polar surface area (TPSA) is 151 Å². The lowest BCUT2D eigenvalue weighted by Crippen LogP contribution is -2.36. The zero-order valence-corrected chi connectivity index (χ0v) is 22.6. The summed E-state index contributed by atoms with van der Waals surface area (Å²) in [5.41, 5.74) is 5.34. The number of halogens is 2. The van der Waals surface area contributed by atoms with Gasteiger partial charge in [-0.05, 0) is 67.4 Å². The summed E-state index contributed by atoms with van der Waals surface area (Å²) in [5, 5.41) is 6.93. The number of hydrogen-bond donors (Lipinski definition) is 3. The highest BCUT2D eigenvalue weighted by Gasteiger charge is 2.30. The average molecular weight is 582 g/mol. The largest absolute Gasteiger partial charge is 0.280 e. The summed E-state index contributed by atoms with van der Waals surface area (Å²) in [6.45, 7) is 3.60. The Morgan fingerprint density at radius 1 is 0.973 bits per heavy atom. The highest BCUT2D eigenvalue weighted by Crippen LogP contribution is 2.36. The van der Waals surface area contributed by atoms with Gasteiger partial charge in [0.15, 0.2) is 0 Å². The number of anilines is 2. The van der Waals surface area contributed by atoms with Crippen LogP contribution < -0.4 is 20.3 Å². The number of carbonyl (C=O) groups is 1. The minimum atomic E-state index is -4.15. The first kappa shape index (κ1) is 26.9. The van der Waals surface area contributed by atoms with Crippen molar-refractivity contribution in [3.05, 3.63) is 75.8 Å². The lowest BCUT2D eigenvalue weighted by Gasteiger charge is -2.19. The molecule has 0 spiro atoms. The number of benzene rings is 3. The van der Waals surface area contributed by atoms with Crippen molar-refractivity contribution in [2.45, 2.75) is 30.1 Å². The molecule has 0 atom stereocenters. The second kappa shape index (κ2) is 9.95. The summed E-state index contributed by atoms with van der Waals surface area (Å²) in [6, 6.07) is 12.7. The van der Waals surface area contributed by atoms with Crippen molar-refractivity contribution in [1.29, 1.82) is 0 Å². The van der Waals surface area contributed by atoms with Crippen LogP contribution in [0.1, 0.15) is 17.5 Å². The number of hydrogen-bond acceptors (Lipinski definition) is 6. The van der Waals surface area contributed by atoms with Crippen LogP contribution in [0.15, 0.2) is 69.4 Å². The summed E-state index contributed by atoms with van der Waals surface area (Å²) in [4.78, 5) is 16.6. The van der Waals surface area contributed by atoms with Crippen molar-refractivity contribution in [3.8, 4) is 0 Å². The Morgan fingerprint density at radius 3 is 2.27 bits per heavy atom. The van der Waals surface area contributed by atoms with Crippen LogP contribution in [0.4, 0.5) is 17.1 Å². The first-order chi connectivity index (χ1) is 17.2. The van der Waals surface area contributed by atoms with Crippen LogP contribution in [0.3, 0.4) is 0 Å². The van der Waals surface area contributed by atoms with Crippen molar-refractivity contribution in [3.63, 3.8) is 0 Å². The van der Waals surface area contributed by atoms with Gasteiger partial charge in [0.1, 0.15) is 11.5 Å². The van der Waals surface area contributed by atoms with Gasteiger partial charge in [0.2, 0.25) is 10.0 Å². The van der Waals surface area contributed by atoms with E-state index in [2.05, 4.69) is 15.1 Å². The van der Waals surface area contributed by atoms with Gasteiger partial charge in [-0.15, -0.1) is 0 Å². The number of nitrogens with one attached hydrogen (secondary N) is 2. The monoisotopic (exact) mass is 581 g/mol. The summed E-state index contributed by atoms with van der Waals surface area (Å²) < 4.78 is 51.4. The number of nitrogens with two attached hydrogens (primary N) is 1. The van der Waals surface area contributed by atoms with Crippen LogP contribution in [0.5, 0.6) is 0 Å². The number of carbonyl (C=O) groups excluding carboxylic acids is 1. The first-order valence-corrected chi connectivity index (χ1v) is 14.4. The minimum Gasteiger partial charge on any atom is -0.280 e. The van der Waals surface area contributed by atoms with Gasteiger partial charge in [0.05, 0.1) is 37.6 Å². The zero-order chi connectivity index (χ0) is 27.1. The molecule has 4 N–H and O–H groups in total. The van der Waals surface area contributed by atoms with E-state index in [0.29, 0.717) is 32.8 Å². The molecule has 1 aliphatic heterocycles. The predicted molar refractivity (Wildman–Crippen MR) is 143 cm³/mol. The number of nitrogens with zero attached hydrogens (tertiary/aromatic N) is 2. The highest BCUT2D eigenvalue weighted by atomic mass is 35.5. The molecule has 1 aliphatic rings. The smallest absolute Gasteiger partial charge is 0.261 e. The molecule has 1 saturated heterocycles. The van der Waals surface area contributed by atoms with Gasteiger partial charge in [-0.2, -0.15) is 0 Å². The van der Waals surface area contributed by atoms with Gasteiger partial charge >= 0.3 is 0 Å². The zero-order valence-electron chi connectivity index (χ0n) is 19.5. The molecule has 0 unspecified atom stereocenters. The van der Waals surface area contributed by atoms with Crippen LogP contribution in [0, 0.1) is 13.8 Å².